The van der Waals surface area contributed by atoms with Gasteiger partial charge >= 0.3 is 0 Å². The Morgan fingerprint density at radius 3 is 2.00 bits per heavy atom. The van der Waals surface area contributed by atoms with Crippen molar-refractivity contribution in [3.63, 3.8) is 0 Å². The van der Waals surface area contributed by atoms with E-state index in [9.17, 15) is 18.0 Å². The minimum Gasteiger partial charge on any atom is -0.494 e. The molecule has 0 saturated heterocycles. The van der Waals surface area contributed by atoms with Crippen molar-refractivity contribution in [3.8, 4) is 5.75 Å². The number of anilines is 1. The zero-order chi connectivity index (χ0) is 33.1. The number of hydrogen-bond donors (Lipinski definition) is 1. The smallest absolute Gasteiger partial charge is 0.264 e. The molecular formula is C37H43N3O5S. The molecule has 0 saturated carbocycles. The number of rotatable bonds is 15. The van der Waals surface area contributed by atoms with Crippen LogP contribution >= 0.6 is 0 Å². The lowest BCUT2D eigenvalue weighted by molar-refractivity contribution is -0.140. The number of carbonyl (C=O) groups excluding carboxylic acids is 2. The van der Waals surface area contributed by atoms with Crippen molar-refractivity contribution in [3.05, 3.63) is 126 Å². The van der Waals surface area contributed by atoms with Crippen LogP contribution in [0.2, 0.25) is 0 Å². The molecule has 8 nitrogen and oxygen atoms in total. The van der Waals surface area contributed by atoms with Gasteiger partial charge in [-0.25, -0.2) is 8.42 Å². The second-order valence-electron chi connectivity index (χ2n) is 11.3. The Hall–Kier alpha value is -4.63. The summed E-state index contributed by atoms with van der Waals surface area (Å²) in [7, 11) is -4.19. The Labute approximate surface area is 273 Å². The van der Waals surface area contributed by atoms with Crippen LogP contribution in [0.4, 0.5) is 5.69 Å². The SMILES string of the molecule is CCOc1ccc(S(=O)(=O)N(CC(=O)N(Cc2ccc(C)cc2)[C@@H](Cc2ccccc2)C(=O)N[C@H](C)CC)c2ccccc2)cc1. The van der Waals surface area contributed by atoms with Crippen molar-refractivity contribution in [1.82, 2.24) is 10.2 Å². The van der Waals surface area contributed by atoms with E-state index >= 15 is 0 Å². The first-order chi connectivity index (χ1) is 22.1. The minimum absolute atomic E-state index is 0.0213. The predicted molar refractivity (Wildman–Crippen MR) is 182 cm³/mol. The highest BCUT2D eigenvalue weighted by Gasteiger charge is 2.35. The van der Waals surface area contributed by atoms with Gasteiger partial charge in [0.2, 0.25) is 11.8 Å². The first kappa shape index (κ1) is 34.2. The Morgan fingerprint density at radius 1 is 0.804 bits per heavy atom. The Bertz CT molecular complexity index is 1660. The van der Waals surface area contributed by atoms with Crippen molar-refractivity contribution >= 4 is 27.5 Å². The van der Waals surface area contributed by atoms with E-state index in [1.54, 1.807) is 42.5 Å². The molecule has 0 aliphatic heterocycles. The molecule has 0 radical (unpaired) electrons. The largest absolute Gasteiger partial charge is 0.494 e. The molecule has 4 aromatic carbocycles. The maximum Gasteiger partial charge on any atom is 0.264 e. The third-order valence-corrected chi connectivity index (χ3v) is 9.58. The number of benzene rings is 4. The average molecular weight is 642 g/mol. The van der Waals surface area contributed by atoms with Gasteiger partial charge in [0.05, 0.1) is 17.2 Å². The zero-order valence-corrected chi connectivity index (χ0v) is 27.7. The van der Waals surface area contributed by atoms with Gasteiger partial charge in [-0.05, 0) is 74.7 Å². The van der Waals surface area contributed by atoms with Crippen LogP contribution in [-0.4, -0.2) is 50.4 Å². The van der Waals surface area contributed by atoms with Crippen LogP contribution in [0.25, 0.3) is 0 Å². The lowest BCUT2D eigenvalue weighted by atomic mass is 10.0. The number of para-hydroxylation sites is 1. The van der Waals surface area contributed by atoms with Crippen molar-refractivity contribution in [1.29, 1.82) is 0 Å². The number of nitrogens with zero attached hydrogens (tertiary/aromatic N) is 2. The first-order valence-electron chi connectivity index (χ1n) is 15.6. The van der Waals surface area contributed by atoms with Crippen molar-refractivity contribution in [2.24, 2.45) is 0 Å². The maximum atomic E-state index is 14.5. The van der Waals surface area contributed by atoms with Gasteiger partial charge in [0.1, 0.15) is 18.3 Å². The molecule has 0 fully saturated rings. The van der Waals surface area contributed by atoms with Gasteiger partial charge in [-0.15, -0.1) is 0 Å². The highest BCUT2D eigenvalue weighted by atomic mass is 32.2. The summed E-state index contributed by atoms with van der Waals surface area (Å²) in [6, 6.07) is 31.0. The molecule has 0 spiro atoms. The highest BCUT2D eigenvalue weighted by molar-refractivity contribution is 7.92. The van der Waals surface area contributed by atoms with Crippen molar-refractivity contribution in [2.75, 3.05) is 17.5 Å². The summed E-state index contributed by atoms with van der Waals surface area (Å²) in [5.41, 5.74) is 3.11. The molecule has 0 aromatic heterocycles. The third-order valence-electron chi connectivity index (χ3n) is 7.79. The molecule has 0 aliphatic rings. The number of carbonyl (C=O) groups is 2. The van der Waals surface area contributed by atoms with Crippen LogP contribution in [0.5, 0.6) is 5.75 Å². The van der Waals surface area contributed by atoms with E-state index in [1.165, 1.54) is 17.0 Å². The number of nitrogens with one attached hydrogen (secondary N) is 1. The van der Waals surface area contributed by atoms with Gasteiger partial charge in [0.25, 0.3) is 10.0 Å². The summed E-state index contributed by atoms with van der Waals surface area (Å²) in [6.45, 7) is 7.80. The van der Waals surface area contributed by atoms with E-state index in [4.69, 9.17) is 4.74 Å². The summed E-state index contributed by atoms with van der Waals surface area (Å²) in [5, 5.41) is 3.06. The zero-order valence-electron chi connectivity index (χ0n) is 26.9. The Morgan fingerprint density at radius 2 is 1.41 bits per heavy atom. The number of hydrogen-bond acceptors (Lipinski definition) is 5. The second-order valence-corrected chi connectivity index (χ2v) is 13.1. The molecule has 4 aromatic rings. The summed E-state index contributed by atoms with van der Waals surface area (Å²) in [6.07, 6.45) is 0.982. The minimum atomic E-state index is -4.19. The predicted octanol–water partition coefficient (Wildman–Crippen LogP) is 6.14. The molecule has 0 bridgehead atoms. The molecule has 2 amide bonds. The lowest BCUT2D eigenvalue weighted by Gasteiger charge is -2.34. The van der Waals surface area contributed by atoms with E-state index in [0.717, 1.165) is 27.4 Å². The summed E-state index contributed by atoms with van der Waals surface area (Å²) in [5.74, 6) is -0.248. The fourth-order valence-corrected chi connectivity index (χ4v) is 6.42. The number of ether oxygens (including phenoxy) is 1. The number of amides is 2. The molecule has 9 heteroatoms. The molecule has 0 heterocycles. The highest BCUT2D eigenvalue weighted by Crippen LogP contribution is 2.26. The van der Waals surface area contributed by atoms with Gasteiger partial charge in [-0.1, -0.05) is 85.3 Å². The fraction of sp³-hybridized carbons (Fsp3) is 0.297. The molecule has 2 atom stereocenters. The van der Waals surface area contributed by atoms with Crippen molar-refractivity contribution in [2.45, 2.75) is 64.1 Å². The van der Waals surface area contributed by atoms with Gasteiger partial charge in [0, 0.05) is 19.0 Å². The standard InChI is InChI=1S/C37H43N3O5S/c1-5-29(4)38-37(42)35(25-30-13-9-7-10-14-30)39(26-31-19-17-28(3)18-20-31)36(41)27-40(32-15-11-8-12-16-32)46(43,44)34-23-21-33(22-24-34)45-6-2/h7-24,29,35H,5-6,25-27H2,1-4H3,(H,38,42)/t29-,35+/m1/s1. The van der Waals surface area contributed by atoms with Gasteiger partial charge in [0.15, 0.2) is 0 Å². The molecular weight excluding hydrogens is 598 g/mol. The molecule has 4 rings (SSSR count). The molecule has 242 valence electrons. The van der Waals surface area contributed by atoms with Gasteiger partial charge in [-0.2, -0.15) is 0 Å². The summed E-state index contributed by atoms with van der Waals surface area (Å²) in [4.78, 5) is 30.0. The topological polar surface area (TPSA) is 96.0 Å². The van der Waals surface area contributed by atoms with Crippen LogP contribution in [-0.2, 0) is 32.6 Å². The molecule has 46 heavy (non-hydrogen) atoms. The first-order valence-corrected chi connectivity index (χ1v) is 17.1. The van der Waals surface area contributed by atoms with Gasteiger partial charge in [-0.3, -0.25) is 13.9 Å². The fourth-order valence-electron chi connectivity index (χ4n) is 5.01. The van der Waals surface area contributed by atoms with Gasteiger partial charge < -0.3 is 15.0 Å². The van der Waals surface area contributed by atoms with E-state index in [0.29, 0.717) is 18.0 Å². The van der Waals surface area contributed by atoms with Crippen LogP contribution in [0.3, 0.4) is 0 Å². The van der Waals surface area contributed by atoms with Crippen molar-refractivity contribution < 1.29 is 22.7 Å². The summed E-state index contributed by atoms with van der Waals surface area (Å²) >= 11 is 0. The Balaban J connectivity index is 1.77. The maximum absolute atomic E-state index is 14.5. The molecule has 0 unspecified atom stereocenters. The van der Waals surface area contributed by atoms with E-state index in [1.807, 2.05) is 82.3 Å². The average Bonchev–Trinajstić information content (AvgIpc) is 3.07. The lowest BCUT2D eigenvalue weighted by Crippen LogP contribution is -2.54. The van der Waals surface area contributed by atoms with Crippen LogP contribution in [0, 0.1) is 6.92 Å². The van der Waals surface area contributed by atoms with Crippen LogP contribution in [0.15, 0.2) is 114 Å². The molecule has 0 aliphatic carbocycles. The quantitative estimate of drug-likeness (QED) is 0.168. The third kappa shape index (κ3) is 8.97. The Kier molecular flexibility index (Phi) is 12.0. The van der Waals surface area contributed by atoms with E-state index in [2.05, 4.69) is 5.32 Å². The van der Waals surface area contributed by atoms with E-state index < -0.39 is 28.5 Å². The van der Waals surface area contributed by atoms with E-state index in [-0.39, 0.29) is 29.8 Å². The molecule has 1 N–H and O–H groups in total. The monoisotopic (exact) mass is 641 g/mol. The summed E-state index contributed by atoms with van der Waals surface area (Å²) < 4.78 is 35.0. The number of sulfonamides is 1. The normalized spacial score (nSPS) is 12.5. The van der Waals surface area contributed by atoms with Crippen LogP contribution in [0.1, 0.15) is 43.9 Å². The van der Waals surface area contributed by atoms with Crippen LogP contribution < -0.4 is 14.4 Å². The second kappa shape index (κ2) is 16.1. The number of aryl methyl sites for hydroxylation is 1.